The molecule has 1 unspecified atom stereocenters. The maximum Gasteiger partial charge on any atom is 0.416 e. The van der Waals surface area contributed by atoms with Crippen LogP contribution in [0.5, 0.6) is 0 Å². The lowest BCUT2D eigenvalue weighted by atomic mass is 10.1. The molecule has 1 aromatic carbocycles. The van der Waals surface area contributed by atoms with Crippen LogP contribution in [-0.2, 0) is 12.6 Å². The number of hydrogen-bond acceptors (Lipinski definition) is 1. The molecule has 2 aromatic rings. The van der Waals surface area contributed by atoms with Gasteiger partial charge < -0.3 is 0 Å². The lowest BCUT2D eigenvalue weighted by Gasteiger charge is -2.14. The van der Waals surface area contributed by atoms with Crippen molar-refractivity contribution >= 4 is 38.9 Å². The zero-order valence-corrected chi connectivity index (χ0v) is 13.6. The Morgan fingerprint density at radius 2 is 1.95 bits per heavy atom. The van der Waals surface area contributed by atoms with Gasteiger partial charge in [0.2, 0.25) is 0 Å². The molecule has 1 atom stereocenters. The molecule has 108 valence electrons. The van der Waals surface area contributed by atoms with E-state index >= 15 is 0 Å². The van der Waals surface area contributed by atoms with Gasteiger partial charge in [-0.05, 0) is 42.3 Å². The molecule has 0 aliphatic carbocycles. The predicted molar refractivity (Wildman–Crippen MR) is 80.5 cm³/mol. The number of benzene rings is 1. The summed E-state index contributed by atoms with van der Waals surface area (Å²) in [5, 5.41) is -0.586. The van der Waals surface area contributed by atoms with E-state index in [1.54, 1.807) is 0 Å². The van der Waals surface area contributed by atoms with Gasteiger partial charge in [0.05, 0.1) is 10.9 Å². The van der Waals surface area contributed by atoms with Crippen LogP contribution in [-0.4, -0.2) is 0 Å². The molecule has 0 saturated carbocycles. The molecule has 1 aromatic heterocycles. The van der Waals surface area contributed by atoms with E-state index in [2.05, 4.69) is 15.9 Å². The first-order valence-corrected chi connectivity index (χ1v) is 7.97. The second-order valence-corrected chi connectivity index (χ2v) is 6.74. The Kier molecular flexibility index (Phi) is 4.82. The normalized spacial score (nSPS) is 13.5. The number of alkyl halides is 4. The molecule has 0 N–H and O–H groups in total. The molecule has 0 aliphatic heterocycles. The zero-order chi connectivity index (χ0) is 14.9. The molecule has 0 radical (unpaired) electrons. The van der Waals surface area contributed by atoms with E-state index in [1.807, 2.05) is 19.1 Å². The van der Waals surface area contributed by atoms with Crippen LogP contribution in [0.25, 0.3) is 0 Å². The van der Waals surface area contributed by atoms with E-state index in [9.17, 15) is 13.2 Å². The number of aryl methyl sites for hydroxylation is 1. The monoisotopic (exact) mass is 382 g/mol. The summed E-state index contributed by atoms with van der Waals surface area (Å²) in [6, 6.07) is 7.36. The Morgan fingerprint density at radius 1 is 1.25 bits per heavy atom. The van der Waals surface area contributed by atoms with Crippen LogP contribution in [0.1, 0.15) is 33.2 Å². The number of rotatable bonds is 3. The van der Waals surface area contributed by atoms with Crippen molar-refractivity contribution in [2.75, 3.05) is 0 Å². The Bertz CT molecular complexity index is 607. The van der Waals surface area contributed by atoms with Gasteiger partial charge >= 0.3 is 6.18 Å². The highest BCUT2D eigenvalue weighted by atomic mass is 79.9. The van der Waals surface area contributed by atoms with Gasteiger partial charge in [0, 0.05) is 14.2 Å². The smallest absolute Gasteiger partial charge is 0.166 e. The van der Waals surface area contributed by atoms with E-state index in [1.165, 1.54) is 17.4 Å². The second kappa shape index (κ2) is 6.08. The second-order valence-electron chi connectivity index (χ2n) is 4.25. The minimum absolute atomic E-state index is 0.436. The third-order valence-corrected chi connectivity index (χ3v) is 5.49. The fourth-order valence-corrected chi connectivity index (χ4v) is 3.73. The van der Waals surface area contributed by atoms with Crippen molar-refractivity contribution in [3.63, 3.8) is 0 Å². The molecule has 20 heavy (non-hydrogen) atoms. The van der Waals surface area contributed by atoms with Crippen LogP contribution in [0.15, 0.2) is 34.8 Å². The topological polar surface area (TPSA) is 0 Å². The number of thiophene rings is 1. The van der Waals surface area contributed by atoms with Crippen molar-refractivity contribution in [1.82, 2.24) is 0 Å². The SMILES string of the molecule is CCc1ccc(C(Cl)c2cc(C(F)(F)F)ccc2Br)s1. The summed E-state index contributed by atoms with van der Waals surface area (Å²) in [5.74, 6) is 0. The van der Waals surface area contributed by atoms with Crippen molar-refractivity contribution in [2.24, 2.45) is 0 Å². The largest absolute Gasteiger partial charge is 0.416 e. The number of halogens is 5. The van der Waals surface area contributed by atoms with E-state index in [0.717, 1.165) is 28.3 Å². The lowest BCUT2D eigenvalue weighted by Crippen LogP contribution is -2.06. The van der Waals surface area contributed by atoms with Crippen molar-refractivity contribution in [3.05, 3.63) is 55.7 Å². The fourth-order valence-electron chi connectivity index (χ4n) is 1.79. The summed E-state index contributed by atoms with van der Waals surface area (Å²) in [7, 11) is 0. The Morgan fingerprint density at radius 3 is 2.50 bits per heavy atom. The summed E-state index contributed by atoms with van der Waals surface area (Å²) in [4.78, 5) is 2.01. The van der Waals surface area contributed by atoms with Gasteiger partial charge in [-0.1, -0.05) is 22.9 Å². The van der Waals surface area contributed by atoms with Crippen molar-refractivity contribution in [1.29, 1.82) is 0 Å². The maximum atomic E-state index is 12.8. The number of hydrogen-bond donors (Lipinski definition) is 0. The van der Waals surface area contributed by atoms with Crippen molar-refractivity contribution in [2.45, 2.75) is 24.9 Å². The summed E-state index contributed by atoms with van der Waals surface area (Å²) in [6.45, 7) is 2.03. The molecule has 0 nitrogen and oxygen atoms in total. The van der Waals surface area contributed by atoms with Crippen molar-refractivity contribution < 1.29 is 13.2 Å². The summed E-state index contributed by atoms with van der Waals surface area (Å²) in [5.41, 5.74) is -0.250. The average molecular weight is 384 g/mol. The molecule has 0 aliphatic rings. The molecule has 0 spiro atoms. The van der Waals surface area contributed by atoms with Gasteiger partial charge in [-0.2, -0.15) is 13.2 Å². The molecule has 6 heteroatoms. The molecule has 1 heterocycles. The molecule has 0 saturated heterocycles. The van der Waals surface area contributed by atoms with Crippen LogP contribution < -0.4 is 0 Å². The Hall–Kier alpha value is -0.520. The summed E-state index contributed by atoms with van der Waals surface area (Å²) >= 11 is 11.1. The first-order valence-electron chi connectivity index (χ1n) is 5.92. The van der Waals surface area contributed by atoms with E-state index in [0.29, 0.717) is 10.0 Å². The quantitative estimate of drug-likeness (QED) is 0.536. The average Bonchev–Trinajstić information content (AvgIpc) is 2.86. The highest BCUT2D eigenvalue weighted by molar-refractivity contribution is 9.10. The summed E-state index contributed by atoms with van der Waals surface area (Å²) in [6.07, 6.45) is -3.48. The van der Waals surface area contributed by atoms with Gasteiger partial charge in [0.25, 0.3) is 0 Å². The maximum absolute atomic E-state index is 12.8. The van der Waals surface area contributed by atoms with Gasteiger partial charge in [0.15, 0.2) is 0 Å². The minimum Gasteiger partial charge on any atom is -0.166 e. The highest BCUT2D eigenvalue weighted by Crippen LogP contribution is 2.40. The Labute approximate surface area is 132 Å². The standard InChI is InChI=1S/C14H11BrClF3S/c1-2-9-4-6-12(20-9)13(16)10-7-8(14(17,18)19)3-5-11(10)15/h3-7,13H,2H2,1H3. The first kappa shape index (κ1) is 15.9. The molecular weight excluding hydrogens is 373 g/mol. The molecule has 0 bridgehead atoms. The van der Waals surface area contributed by atoms with Crippen LogP contribution >= 0.6 is 38.9 Å². The third-order valence-electron chi connectivity index (χ3n) is 2.88. The minimum atomic E-state index is -4.36. The van der Waals surface area contributed by atoms with Gasteiger partial charge in [-0.3, -0.25) is 0 Å². The van der Waals surface area contributed by atoms with Crippen LogP contribution in [0, 0.1) is 0 Å². The lowest BCUT2D eigenvalue weighted by molar-refractivity contribution is -0.137. The van der Waals surface area contributed by atoms with Gasteiger partial charge in [-0.25, -0.2) is 0 Å². The highest BCUT2D eigenvalue weighted by Gasteiger charge is 2.31. The van der Waals surface area contributed by atoms with Crippen LogP contribution in [0.3, 0.4) is 0 Å². The first-order chi connectivity index (χ1) is 9.32. The van der Waals surface area contributed by atoms with Gasteiger partial charge in [0.1, 0.15) is 0 Å². The van der Waals surface area contributed by atoms with E-state index in [4.69, 9.17) is 11.6 Å². The molecule has 2 rings (SSSR count). The van der Waals surface area contributed by atoms with E-state index in [-0.39, 0.29) is 0 Å². The molecule has 0 amide bonds. The van der Waals surface area contributed by atoms with E-state index < -0.39 is 17.1 Å². The third kappa shape index (κ3) is 3.38. The van der Waals surface area contributed by atoms with Gasteiger partial charge in [-0.15, -0.1) is 22.9 Å². The van der Waals surface area contributed by atoms with Crippen LogP contribution in [0.2, 0.25) is 0 Å². The van der Waals surface area contributed by atoms with Crippen LogP contribution in [0.4, 0.5) is 13.2 Å². The Balaban J connectivity index is 2.40. The molecular formula is C14H11BrClF3S. The molecule has 0 fully saturated rings. The van der Waals surface area contributed by atoms with Crippen molar-refractivity contribution in [3.8, 4) is 0 Å². The fraction of sp³-hybridized carbons (Fsp3) is 0.286. The summed E-state index contributed by atoms with van der Waals surface area (Å²) < 4.78 is 38.9. The zero-order valence-electron chi connectivity index (χ0n) is 10.5. The predicted octanol–water partition coefficient (Wildman–Crippen LogP) is 6.42.